The van der Waals surface area contributed by atoms with Crippen LogP contribution in [0.4, 0.5) is 0 Å². The zero-order valence-corrected chi connectivity index (χ0v) is 13.8. The van der Waals surface area contributed by atoms with Crippen LogP contribution in [0.1, 0.15) is 30.3 Å². The molecule has 0 saturated carbocycles. The lowest BCUT2D eigenvalue weighted by Gasteiger charge is -2.04. The van der Waals surface area contributed by atoms with Gasteiger partial charge in [0.25, 0.3) is 5.65 Å². The topological polar surface area (TPSA) is 63.3 Å². The third-order valence-electron chi connectivity index (χ3n) is 4.47. The fraction of sp³-hybridized carbons (Fsp3) is 0.211. The van der Waals surface area contributed by atoms with Crippen LogP contribution in [0.5, 0.6) is 0 Å². The van der Waals surface area contributed by atoms with E-state index in [9.17, 15) is 5.26 Å². The van der Waals surface area contributed by atoms with Crippen LogP contribution in [-0.2, 0) is 6.42 Å². The summed E-state index contributed by atoms with van der Waals surface area (Å²) in [5.74, 6) is 2.07. The van der Waals surface area contributed by atoms with Crippen LogP contribution in [0.15, 0.2) is 42.7 Å². The molecule has 0 fully saturated rings. The second kappa shape index (κ2) is 5.50. The smallest absolute Gasteiger partial charge is 0.310 e. The Hall–Kier alpha value is -3.13. The van der Waals surface area contributed by atoms with Crippen LogP contribution in [-0.4, -0.2) is 9.97 Å². The Morgan fingerprint density at radius 1 is 1.25 bits per heavy atom. The number of nitriles is 1. The predicted octanol–water partition coefficient (Wildman–Crippen LogP) is 2.64. The monoisotopic (exact) mass is 317 g/mol. The minimum atomic E-state index is 0.727. The fourth-order valence-electron chi connectivity index (χ4n) is 3.37. The molecule has 0 bridgehead atoms. The van der Waals surface area contributed by atoms with E-state index in [1.165, 1.54) is 0 Å². The highest BCUT2D eigenvalue weighted by atomic mass is 15.2. The molecular weight excluding hydrogens is 298 g/mol. The van der Waals surface area contributed by atoms with Crippen LogP contribution in [0, 0.1) is 18.3 Å². The van der Waals surface area contributed by atoms with Crippen LogP contribution >= 0.6 is 0 Å². The van der Waals surface area contributed by atoms with E-state index in [0.29, 0.717) is 0 Å². The van der Waals surface area contributed by atoms with Crippen LogP contribution in [0.2, 0.25) is 0 Å². The van der Waals surface area contributed by atoms with E-state index in [1.54, 1.807) is 0 Å². The molecule has 0 aliphatic heterocycles. The van der Waals surface area contributed by atoms with Crippen molar-refractivity contribution < 1.29 is 8.97 Å². The Bertz CT molecular complexity index is 1090. The number of H-pyrrole nitrogens is 2. The number of pyridine rings is 1. The molecule has 0 aliphatic carbocycles. The average molecular weight is 317 g/mol. The first-order valence-corrected chi connectivity index (χ1v) is 8.19. The van der Waals surface area contributed by atoms with Crippen molar-refractivity contribution in [2.24, 2.45) is 0 Å². The molecule has 0 atom stereocenters. The summed E-state index contributed by atoms with van der Waals surface area (Å²) in [4.78, 5) is 6.66. The quantitative estimate of drug-likeness (QED) is 0.561. The van der Waals surface area contributed by atoms with Gasteiger partial charge >= 0.3 is 11.6 Å². The van der Waals surface area contributed by atoms with Gasteiger partial charge in [-0.1, -0.05) is 25.5 Å². The molecule has 4 rings (SSSR count). The number of fused-ring (bicyclic) bond motifs is 3. The van der Waals surface area contributed by atoms with Crippen molar-refractivity contribution in [3.63, 3.8) is 0 Å². The Kier molecular flexibility index (Phi) is 3.31. The molecule has 3 heterocycles. The highest BCUT2D eigenvalue weighted by molar-refractivity contribution is 5.76. The summed E-state index contributed by atoms with van der Waals surface area (Å²) >= 11 is 0. The minimum Gasteiger partial charge on any atom is -0.310 e. The molecule has 5 heteroatoms. The summed E-state index contributed by atoms with van der Waals surface area (Å²) < 4.78 is 4.25. The highest BCUT2D eigenvalue weighted by Gasteiger charge is 2.27. The van der Waals surface area contributed by atoms with E-state index in [-0.39, 0.29) is 0 Å². The van der Waals surface area contributed by atoms with Gasteiger partial charge in [-0.25, -0.2) is 4.98 Å². The Morgan fingerprint density at radius 2 is 2.08 bits per heavy atom. The van der Waals surface area contributed by atoms with Gasteiger partial charge in [-0.2, -0.15) is 5.26 Å². The van der Waals surface area contributed by atoms with Gasteiger partial charge in [-0.15, -0.1) is 8.97 Å². The molecule has 0 amide bonds. The number of nitrogens with one attached hydrogen (secondary N) is 2. The van der Waals surface area contributed by atoms with Gasteiger partial charge in [-0.05, 0) is 24.1 Å². The van der Waals surface area contributed by atoms with Gasteiger partial charge in [-0.3, -0.25) is 0 Å². The molecule has 2 N–H and O–H groups in total. The van der Waals surface area contributed by atoms with Gasteiger partial charge in [0.1, 0.15) is 11.6 Å². The number of rotatable bonds is 3. The standard InChI is InChI=1S/C19H17N5/c1-3-6-14-11-18(23-10-9-21-13(23)2)24-17-8-5-4-7-16(17)22-19(24)15(14)12-20/h4-5,7-11H,3,6H2,1-2H3/p+2. The van der Waals surface area contributed by atoms with Crippen molar-refractivity contribution in [2.45, 2.75) is 26.7 Å². The first-order chi connectivity index (χ1) is 11.7. The summed E-state index contributed by atoms with van der Waals surface area (Å²) in [5.41, 5.74) is 4.75. The van der Waals surface area contributed by atoms with Gasteiger partial charge in [0.2, 0.25) is 0 Å². The Labute approximate surface area is 139 Å². The van der Waals surface area contributed by atoms with E-state index >= 15 is 0 Å². The molecular formula is C19H19N5+2. The molecule has 5 nitrogen and oxygen atoms in total. The summed E-state index contributed by atoms with van der Waals surface area (Å²) in [6.45, 7) is 4.18. The van der Waals surface area contributed by atoms with Crippen molar-refractivity contribution in [1.29, 1.82) is 5.26 Å². The number of benzene rings is 1. The maximum atomic E-state index is 9.75. The summed E-state index contributed by atoms with van der Waals surface area (Å²) in [6, 6.07) is 12.7. The first kappa shape index (κ1) is 14.5. The molecule has 1 aromatic carbocycles. The second-order valence-corrected chi connectivity index (χ2v) is 6.01. The van der Waals surface area contributed by atoms with E-state index in [0.717, 1.165) is 52.3 Å². The number of hydrogen-bond donors (Lipinski definition) is 2. The zero-order chi connectivity index (χ0) is 16.7. The number of hydrogen-bond acceptors (Lipinski definition) is 1. The third-order valence-corrected chi connectivity index (χ3v) is 4.47. The molecule has 0 saturated heterocycles. The number of nitrogens with zero attached hydrogens (tertiary/aromatic N) is 3. The molecule has 24 heavy (non-hydrogen) atoms. The normalized spacial score (nSPS) is 11.2. The van der Waals surface area contributed by atoms with Gasteiger partial charge in [0.05, 0.1) is 18.5 Å². The van der Waals surface area contributed by atoms with E-state index in [2.05, 4.69) is 44.1 Å². The van der Waals surface area contributed by atoms with Crippen molar-refractivity contribution in [3.8, 4) is 11.9 Å². The van der Waals surface area contributed by atoms with Gasteiger partial charge < -0.3 is 4.98 Å². The van der Waals surface area contributed by atoms with Gasteiger partial charge in [0.15, 0.2) is 17.9 Å². The molecule has 0 radical (unpaired) electrons. The number of aryl methyl sites for hydroxylation is 2. The fourth-order valence-corrected chi connectivity index (χ4v) is 3.37. The number of para-hydroxylation sites is 2. The van der Waals surface area contributed by atoms with Crippen LogP contribution in [0.25, 0.3) is 22.5 Å². The lowest BCUT2D eigenvalue weighted by atomic mass is 10.1. The molecule has 118 valence electrons. The van der Waals surface area contributed by atoms with Crippen LogP contribution in [0.3, 0.4) is 0 Å². The third kappa shape index (κ3) is 2.00. The van der Waals surface area contributed by atoms with Crippen molar-refractivity contribution >= 4 is 16.7 Å². The van der Waals surface area contributed by atoms with E-state index in [4.69, 9.17) is 0 Å². The maximum absolute atomic E-state index is 9.75. The highest BCUT2D eigenvalue weighted by Crippen LogP contribution is 2.19. The second-order valence-electron chi connectivity index (χ2n) is 6.01. The largest absolute Gasteiger partial charge is 0.352 e. The molecule has 0 spiro atoms. The van der Waals surface area contributed by atoms with Crippen LogP contribution < -0.4 is 8.97 Å². The molecule has 3 aromatic heterocycles. The minimum absolute atomic E-state index is 0.727. The first-order valence-electron chi connectivity index (χ1n) is 8.19. The lowest BCUT2D eigenvalue weighted by Crippen LogP contribution is -2.44. The zero-order valence-electron chi connectivity index (χ0n) is 13.8. The predicted molar refractivity (Wildman–Crippen MR) is 90.8 cm³/mol. The number of imidazole rings is 2. The van der Waals surface area contributed by atoms with E-state index in [1.807, 2.05) is 37.5 Å². The number of aromatic nitrogens is 4. The molecule has 0 aliphatic rings. The number of aromatic amines is 2. The van der Waals surface area contributed by atoms with Crippen molar-refractivity contribution in [2.75, 3.05) is 0 Å². The van der Waals surface area contributed by atoms with Crippen molar-refractivity contribution in [3.05, 3.63) is 59.7 Å². The summed E-state index contributed by atoms with van der Waals surface area (Å²) in [6.07, 6.45) is 5.82. The molecule has 4 aromatic rings. The Balaban J connectivity index is 2.21. The SMILES string of the molecule is CCCc1cc(-[n+]2cc[nH]c2C)[n+]2c([nH]c3ccccc32)c1C#N. The van der Waals surface area contributed by atoms with Crippen molar-refractivity contribution in [1.82, 2.24) is 9.97 Å². The average Bonchev–Trinajstić information content (AvgIpc) is 3.18. The van der Waals surface area contributed by atoms with Gasteiger partial charge in [0, 0.05) is 0 Å². The Morgan fingerprint density at radius 3 is 2.79 bits per heavy atom. The summed E-state index contributed by atoms with van der Waals surface area (Å²) in [7, 11) is 0. The summed E-state index contributed by atoms with van der Waals surface area (Å²) in [5, 5.41) is 9.75. The van der Waals surface area contributed by atoms with E-state index < -0.39 is 0 Å². The molecule has 0 unspecified atom stereocenters. The lowest BCUT2D eigenvalue weighted by molar-refractivity contribution is -0.701. The maximum Gasteiger partial charge on any atom is 0.352 e.